The highest BCUT2D eigenvalue weighted by Crippen LogP contribution is 2.38. The van der Waals surface area contributed by atoms with Gasteiger partial charge in [-0.3, -0.25) is 19.2 Å². The first-order valence-electron chi connectivity index (χ1n) is 8.30. The molecule has 12 heteroatoms. The molecule has 1 fully saturated rings. The van der Waals surface area contributed by atoms with Gasteiger partial charge < -0.3 is 28.8 Å². The summed E-state index contributed by atoms with van der Waals surface area (Å²) in [5.74, 6) is -8.19. The average Bonchev–Trinajstić information content (AvgIpc) is 2.59. The zero-order chi connectivity index (χ0) is 22.4. The second-order valence-electron chi connectivity index (χ2n) is 6.08. The highest BCUT2D eigenvalue weighted by atomic mass is 16.7. The largest absolute Gasteiger partial charge is 0.463 e. The molecule has 0 unspecified atom stereocenters. The lowest BCUT2D eigenvalue weighted by atomic mass is 9.85. The third kappa shape index (κ3) is 5.88. The second kappa shape index (κ2) is 9.82. The van der Waals surface area contributed by atoms with E-state index in [0.717, 1.165) is 27.7 Å². The molecule has 0 radical (unpaired) electrons. The van der Waals surface area contributed by atoms with Crippen LogP contribution in [-0.4, -0.2) is 65.8 Å². The number of nitriles is 2. The Morgan fingerprint density at radius 3 is 1.83 bits per heavy atom. The van der Waals surface area contributed by atoms with Gasteiger partial charge in [0.1, 0.15) is 12.7 Å². The first-order valence-corrected chi connectivity index (χ1v) is 8.30. The number of rotatable bonds is 6. The number of hydrogen-bond acceptors (Lipinski definition) is 12. The third-order valence-electron chi connectivity index (χ3n) is 3.76. The fraction of sp³-hybridized carbons (Fsp3) is 0.647. The monoisotopic (exact) mass is 412 g/mol. The normalized spacial score (nSPS) is 28.4. The number of hydrogen-bond donors (Lipinski definition) is 1. The fourth-order valence-electron chi connectivity index (χ4n) is 2.76. The molecule has 0 aromatic carbocycles. The van der Waals surface area contributed by atoms with Crippen molar-refractivity contribution in [2.45, 2.75) is 57.9 Å². The lowest BCUT2D eigenvalue weighted by molar-refractivity contribution is -0.358. The van der Waals surface area contributed by atoms with Gasteiger partial charge in [0.2, 0.25) is 5.79 Å². The molecule has 5 atom stereocenters. The Balaban J connectivity index is 3.57. The van der Waals surface area contributed by atoms with Crippen molar-refractivity contribution in [3.05, 3.63) is 0 Å². The molecule has 1 rings (SSSR count). The van der Waals surface area contributed by atoms with Crippen molar-refractivity contribution in [1.82, 2.24) is 0 Å². The summed E-state index contributed by atoms with van der Waals surface area (Å²) in [6, 6.07) is 2.99. The van der Waals surface area contributed by atoms with E-state index in [1.54, 1.807) is 0 Å². The van der Waals surface area contributed by atoms with Crippen LogP contribution in [0.15, 0.2) is 0 Å². The van der Waals surface area contributed by atoms with Crippen LogP contribution in [0.3, 0.4) is 0 Å². The van der Waals surface area contributed by atoms with Gasteiger partial charge in [0.15, 0.2) is 24.2 Å². The van der Waals surface area contributed by atoms with Crippen molar-refractivity contribution in [2.75, 3.05) is 6.61 Å². The van der Waals surface area contributed by atoms with Crippen molar-refractivity contribution >= 4 is 23.9 Å². The lowest BCUT2D eigenvalue weighted by Gasteiger charge is -2.48. The van der Waals surface area contributed by atoms with Gasteiger partial charge in [0, 0.05) is 27.7 Å². The van der Waals surface area contributed by atoms with Crippen LogP contribution >= 0.6 is 0 Å². The van der Waals surface area contributed by atoms with E-state index in [1.807, 2.05) is 0 Å². The summed E-state index contributed by atoms with van der Waals surface area (Å²) >= 11 is 0. The lowest BCUT2D eigenvalue weighted by Crippen LogP contribution is -2.70. The summed E-state index contributed by atoms with van der Waals surface area (Å²) in [4.78, 5) is 46.0. The summed E-state index contributed by atoms with van der Waals surface area (Å²) in [7, 11) is 0. The van der Waals surface area contributed by atoms with E-state index in [-0.39, 0.29) is 0 Å². The molecular formula is C17H20N2O10. The number of carbonyl (C=O) groups is 4. The minimum atomic E-state index is -2.79. The van der Waals surface area contributed by atoms with E-state index in [4.69, 9.17) is 23.7 Å². The van der Waals surface area contributed by atoms with Gasteiger partial charge in [-0.2, -0.15) is 10.5 Å². The van der Waals surface area contributed by atoms with Gasteiger partial charge in [-0.25, -0.2) is 0 Å². The minimum absolute atomic E-state index is 0.594. The van der Waals surface area contributed by atoms with E-state index in [9.17, 15) is 34.8 Å². The first kappa shape index (κ1) is 23.8. The van der Waals surface area contributed by atoms with Crippen molar-refractivity contribution < 1.29 is 48.0 Å². The summed E-state index contributed by atoms with van der Waals surface area (Å²) in [6.45, 7) is 3.48. The van der Waals surface area contributed by atoms with Gasteiger partial charge in [-0.15, -0.1) is 0 Å². The van der Waals surface area contributed by atoms with Crippen LogP contribution in [0.25, 0.3) is 0 Å². The molecule has 0 spiro atoms. The predicted molar refractivity (Wildman–Crippen MR) is 87.8 cm³/mol. The van der Waals surface area contributed by atoms with E-state index >= 15 is 0 Å². The maximum atomic E-state index is 11.6. The van der Waals surface area contributed by atoms with Crippen molar-refractivity contribution in [2.24, 2.45) is 5.92 Å². The minimum Gasteiger partial charge on any atom is -0.463 e. The van der Waals surface area contributed by atoms with Gasteiger partial charge in [-0.1, -0.05) is 0 Å². The first-order chi connectivity index (χ1) is 13.5. The number of nitrogens with zero attached hydrogens (tertiary/aromatic N) is 2. The summed E-state index contributed by atoms with van der Waals surface area (Å²) in [6.07, 6.45) is -6.55. The maximum absolute atomic E-state index is 11.6. The third-order valence-corrected chi connectivity index (χ3v) is 3.76. The molecule has 1 saturated heterocycles. The van der Waals surface area contributed by atoms with E-state index in [0.29, 0.717) is 0 Å². The number of carbonyl (C=O) groups excluding carboxylic acids is 4. The zero-order valence-electron chi connectivity index (χ0n) is 16.1. The standard InChI is InChI=1S/C17H20N2O10/c1-8(20)25-7-13-14(26-9(2)21)15(27-10(3)22)16(28-11(4)23)17(24,29-13)12(5-18)6-19/h12-16,24H,7H2,1-4H3/t13-,14-,15+,16-,17-/m1/s1. The van der Waals surface area contributed by atoms with Crippen molar-refractivity contribution in [3.8, 4) is 12.1 Å². The fourth-order valence-corrected chi connectivity index (χ4v) is 2.76. The van der Waals surface area contributed by atoms with Gasteiger partial charge in [-0.05, 0) is 0 Å². The highest BCUT2D eigenvalue weighted by Gasteiger charge is 2.63. The topological polar surface area (TPSA) is 182 Å². The summed E-state index contributed by atoms with van der Waals surface area (Å²) < 4.78 is 25.4. The number of esters is 4. The Bertz CT molecular complexity index is 740. The Kier molecular flexibility index (Phi) is 8.06. The van der Waals surface area contributed by atoms with Gasteiger partial charge in [0.05, 0.1) is 12.1 Å². The Labute approximate surface area is 165 Å². The van der Waals surface area contributed by atoms with Crippen molar-refractivity contribution in [1.29, 1.82) is 10.5 Å². The second-order valence-corrected chi connectivity index (χ2v) is 6.08. The smallest absolute Gasteiger partial charge is 0.303 e. The SMILES string of the molecule is CC(=O)OC[C@H]1O[C@](O)(C(C#N)C#N)[C@H](OC(C)=O)[C@@H](OC(C)=O)[C@@H]1OC(C)=O. The Morgan fingerprint density at radius 1 is 0.931 bits per heavy atom. The molecule has 0 bridgehead atoms. The number of aliphatic hydroxyl groups is 1. The molecule has 1 heterocycles. The van der Waals surface area contributed by atoms with Crippen LogP contribution < -0.4 is 0 Å². The molecular weight excluding hydrogens is 392 g/mol. The molecule has 0 aliphatic carbocycles. The van der Waals surface area contributed by atoms with Crippen LogP contribution in [0.1, 0.15) is 27.7 Å². The molecule has 0 amide bonds. The average molecular weight is 412 g/mol. The van der Waals surface area contributed by atoms with E-state index in [2.05, 4.69) is 0 Å². The quantitative estimate of drug-likeness (QED) is 0.419. The molecule has 1 aliphatic rings. The van der Waals surface area contributed by atoms with Crippen LogP contribution in [0.2, 0.25) is 0 Å². The van der Waals surface area contributed by atoms with Crippen LogP contribution in [0.5, 0.6) is 0 Å². The highest BCUT2D eigenvalue weighted by molar-refractivity contribution is 5.68. The summed E-state index contributed by atoms with van der Waals surface area (Å²) in [5.41, 5.74) is 0. The van der Waals surface area contributed by atoms with Crippen molar-refractivity contribution in [3.63, 3.8) is 0 Å². The van der Waals surface area contributed by atoms with Crippen LogP contribution in [0, 0.1) is 28.6 Å². The predicted octanol–water partition coefficient (Wildman–Crippen LogP) is -0.905. The van der Waals surface area contributed by atoms with Crippen LogP contribution in [-0.2, 0) is 42.9 Å². The molecule has 1 N–H and O–H groups in total. The summed E-state index contributed by atoms with van der Waals surface area (Å²) in [5, 5.41) is 29.5. The maximum Gasteiger partial charge on any atom is 0.303 e. The Hall–Kier alpha value is -3.22. The van der Waals surface area contributed by atoms with Crippen LogP contribution in [0.4, 0.5) is 0 Å². The molecule has 12 nitrogen and oxygen atoms in total. The Morgan fingerprint density at radius 2 is 1.41 bits per heavy atom. The van der Waals surface area contributed by atoms with E-state index in [1.165, 1.54) is 12.1 Å². The number of ether oxygens (including phenoxy) is 5. The molecule has 0 aromatic heterocycles. The zero-order valence-corrected chi connectivity index (χ0v) is 16.1. The molecule has 158 valence electrons. The van der Waals surface area contributed by atoms with E-state index < -0.39 is 66.6 Å². The molecule has 0 saturated carbocycles. The van der Waals surface area contributed by atoms with Gasteiger partial charge >= 0.3 is 23.9 Å². The molecule has 29 heavy (non-hydrogen) atoms. The molecule has 0 aromatic rings. The molecule has 1 aliphatic heterocycles. The van der Waals surface area contributed by atoms with Gasteiger partial charge in [0.25, 0.3) is 0 Å².